The third-order valence-corrected chi connectivity index (χ3v) is 4.64. The zero-order valence-corrected chi connectivity index (χ0v) is 13.7. The second kappa shape index (κ2) is 5.10. The van der Waals surface area contributed by atoms with Gasteiger partial charge in [-0.1, -0.05) is 22.9 Å². The van der Waals surface area contributed by atoms with E-state index in [4.69, 9.17) is 11.6 Å². The third kappa shape index (κ3) is 2.30. The quantitative estimate of drug-likeness (QED) is 0.557. The Morgan fingerprint density at radius 1 is 1.17 bits per heavy atom. The molecule has 116 valence electrons. The molecule has 0 atom stereocenters. The van der Waals surface area contributed by atoms with Crippen LogP contribution in [-0.2, 0) is 7.05 Å². The Balaban J connectivity index is 1.90. The smallest absolute Gasteiger partial charge is 0.235 e. The molecule has 0 unspecified atom stereocenters. The van der Waals surface area contributed by atoms with E-state index >= 15 is 0 Å². The second-order valence-electron chi connectivity index (χ2n) is 5.04. The summed E-state index contributed by atoms with van der Waals surface area (Å²) in [5, 5.41) is 18.1. The molecule has 0 aliphatic rings. The number of hydrogen-bond donors (Lipinski definition) is 0. The average molecular weight is 349 g/mol. The molecule has 3 aromatic heterocycles. The van der Waals surface area contributed by atoms with Gasteiger partial charge in [-0.2, -0.15) is 14.7 Å². The van der Waals surface area contributed by atoms with Crippen LogP contribution in [0.25, 0.3) is 27.1 Å². The lowest BCUT2D eigenvalue weighted by atomic mass is 10.2. The second-order valence-corrected chi connectivity index (χ2v) is 6.41. The summed E-state index contributed by atoms with van der Waals surface area (Å²) in [4.78, 5) is 0.606. The number of benzene rings is 1. The number of aryl methyl sites for hydroxylation is 2. The van der Waals surface area contributed by atoms with E-state index in [-0.39, 0.29) is 5.82 Å². The zero-order valence-electron chi connectivity index (χ0n) is 12.2. The first-order chi connectivity index (χ1) is 11.0. The topological polar surface area (TPSA) is 60.9 Å². The van der Waals surface area contributed by atoms with Gasteiger partial charge in [0.25, 0.3) is 0 Å². The van der Waals surface area contributed by atoms with Gasteiger partial charge < -0.3 is 0 Å². The Bertz CT molecular complexity index is 1030. The molecule has 0 aliphatic carbocycles. The summed E-state index contributed by atoms with van der Waals surface area (Å²) in [5.41, 5.74) is 2.22. The molecule has 0 N–H and O–H groups in total. The van der Waals surface area contributed by atoms with E-state index in [1.807, 2.05) is 20.0 Å². The van der Waals surface area contributed by atoms with Crippen molar-refractivity contribution in [2.24, 2.45) is 7.05 Å². The van der Waals surface area contributed by atoms with Crippen LogP contribution in [0.5, 0.6) is 0 Å². The average Bonchev–Trinajstić information content (AvgIpc) is 3.15. The van der Waals surface area contributed by atoms with Gasteiger partial charge >= 0.3 is 0 Å². The predicted molar refractivity (Wildman–Crippen MR) is 86.0 cm³/mol. The van der Waals surface area contributed by atoms with E-state index in [0.717, 1.165) is 11.4 Å². The van der Waals surface area contributed by atoms with Crippen molar-refractivity contribution in [3.05, 3.63) is 40.8 Å². The van der Waals surface area contributed by atoms with Crippen molar-refractivity contribution in [2.45, 2.75) is 6.92 Å². The highest BCUT2D eigenvalue weighted by atomic mass is 35.5. The SMILES string of the molecule is Cc1cc(-c2nnc3sc(-c4cc(F)ccc4Cl)nn23)n(C)n1. The monoisotopic (exact) mass is 348 g/mol. The lowest BCUT2D eigenvalue weighted by molar-refractivity contribution is 0.628. The van der Waals surface area contributed by atoms with Crippen LogP contribution in [-0.4, -0.2) is 29.6 Å². The lowest BCUT2D eigenvalue weighted by Gasteiger charge is -2.00. The summed E-state index contributed by atoms with van der Waals surface area (Å²) in [6, 6.07) is 6.10. The van der Waals surface area contributed by atoms with E-state index < -0.39 is 0 Å². The summed E-state index contributed by atoms with van der Waals surface area (Å²) < 4.78 is 16.8. The van der Waals surface area contributed by atoms with Crippen molar-refractivity contribution < 1.29 is 4.39 Å². The van der Waals surface area contributed by atoms with E-state index in [2.05, 4.69) is 20.4 Å². The van der Waals surface area contributed by atoms with E-state index in [9.17, 15) is 4.39 Å². The first-order valence-corrected chi connectivity index (χ1v) is 7.91. The van der Waals surface area contributed by atoms with Crippen LogP contribution in [0.3, 0.4) is 0 Å². The molecular formula is C14H10ClFN6S. The number of aromatic nitrogens is 6. The van der Waals surface area contributed by atoms with Crippen molar-refractivity contribution in [1.82, 2.24) is 29.6 Å². The molecular weight excluding hydrogens is 339 g/mol. The summed E-state index contributed by atoms with van der Waals surface area (Å²) in [5.74, 6) is 0.218. The van der Waals surface area contributed by atoms with E-state index in [1.165, 1.54) is 29.5 Å². The van der Waals surface area contributed by atoms with Crippen LogP contribution >= 0.6 is 22.9 Å². The van der Waals surface area contributed by atoms with Gasteiger partial charge in [0, 0.05) is 12.6 Å². The standard InChI is InChI=1S/C14H10ClFN6S/c1-7-5-11(21(2)19-7)12-17-18-14-22(12)20-13(23-14)9-6-8(16)3-4-10(9)15/h3-6H,1-2H3. The summed E-state index contributed by atoms with van der Waals surface area (Å²) in [6.45, 7) is 1.90. The molecule has 1 aromatic carbocycles. The molecule has 0 fully saturated rings. The number of hydrogen-bond acceptors (Lipinski definition) is 5. The van der Waals surface area contributed by atoms with Gasteiger partial charge in [-0.05, 0) is 31.2 Å². The normalized spacial score (nSPS) is 11.5. The maximum Gasteiger partial charge on any atom is 0.235 e. The van der Waals surface area contributed by atoms with Gasteiger partial charge in [0.05, 0.1) is 10.7 Å². The van der Waals surface area contributed by atoms with Crippen molar-refractivity contribution in [3.8, 4) is 22.1 Å². The number of nitrogens with zero attached hydrogens (tertiary/aromatic N) is 6. The molecule has 0 radical (unpaired) electrons. The van der Waals surface area contributed by atoms with Gasteiger partial charge in [-0.25, -0.2) is 4.39 Å². The molecule has 0 bridgehead atoms. The van der Waals surface area contributed by atoms with E-state index in [1.54, 1.807) is 9.20 Å². The minimum absolute atomic E-state index is 0.363. The molecule has 23 heavy (non-hydrogen) atoms. The molecule has 0 saturated heterocycles. The van der Waals surface area contributed by atoms with E-state index in [0.29, 0.717) is 26.4 Å². The maximum atomic E-state index is 13.5. The molecule has 4 rings (SSSR count). The highest BCUT2D eigenvalue weighted by Gasteiger charge is 2.18. The fraction of sp³-hybridized carbons (Fsp3) is 0.143. The van der Waals surface area contributed by atoms with Crippen LogP contribution < -0.4 is 0 Å². The molecule has 4 aromatic rings. The van der Waals surface area contributed by atoms with Gasteiger partial charge in [-0.15, -0.1) is 10.2 Å². The highest BCUT2D eigenvalue weighted by Crippen LogP contribution is 2.33. The van der Waals surface area contributed by atoms with Gasteiger partial charge in [0.2, 0.25) is 10.8 Å². The Labute approximate surface area is 139 Å². The number of rotatable bonds is 2. The Morgan fingerprint density at radius 3 is 2.74 bits per heavy atom. The van der Waals surface area contributed by atoms with Crippen LogP contribution in [0.15, 0.2) is 24.3 Å². The Morgan fingerprint density at radius 2 is 2.00 bits per heavy atom. The predicted octanol–water partition coefficient (Wildman–Crippen LogP) is 3.35. The molecule has 3 heterocycles. The van der Waals surface area contributed by atoms with Gasteiger partial charge in [-0.3, -0.25) is 4.68 Å². The summed E-state index contributed by atoms with van der Waals surface area (Å²) >= 11 is 7.45. The van der Waals surface area contributed by atoms with Crippen molar-refractivity contribution in [1.29, 1.82) is 0 Å². The van der Waals surface area contributed by atoms with Crippen LogP contribution in [0, 0.1) is 12.7 Å². The molecule has 6 nitrogen and oxygen atoms in total. The minimum atomic E-state index is -0.363. The fourth-order valence-electron chi connectivity index (χ4n) is 2.37. The molecule has 0 amide bonds. The van der Waals surface area contributed by atoms with Crippen LogP contribution in [0.4, 0.5) is 4.39 Å². The fourth-order valence-corrected chi connectivity index (χ4v) is 3.50. The number of halogens is 2. The molecule has 0 aliphatic heterocycles. The molecule has 0 spiro atoms. The van der Waals surface area contributed by atoms with Crippen LogP contribution in [0.1, 0.15) is 5.69 Å². The minimum Gasteiger partial charge on any atom is -0.264 e. The van der Waals surface area contributed by atoms with Crippen LogP contribution in [0.2, 0.25) is 5.02 Å². The maximum absolute atomic E-state index is 13.5. The zero-order chi connectivity index (χ0) is 16.1. The lowest BCUT2D eigenvalue weighted by Crippen LogP contribution is -1.98. The van der Waals surface area contributed by atoms with Crippen molar-refractivity contribution in [2.75, 3.05) is 0 Å². The highest BCUT2D eigenvalue weighted by molar-refractivity contribution is 7.19. The van der Waals surface area contributed by atoms with Gasteiger partial charge in [0.15, 0.2) is 0 Å². The Kier molecular flexibility index (Phi) is 3.17. The summed E-state index contributed by atoms with van der Waals surface area (Å²) in [6.07, 6.45) is 0. The largest absolute Gasteiger partial charge is 0.264 e. The molecule has 0 saturated carbocycles. The first-order valence-electron chi connectivity index (χ1n) is 6.71. The van der Waals surface area contributed by atoms with Crippen molar-refractivity contribution >= 4 is 27.9 Å². The van der Waals surface area contributed by atoms with Gasteiger partial charge in [0.1, 0.15) is 16.5 Å². The summed E-state index contributed by atoms with van der Waals surface area (Å²) in [7, 11) is 1.83. The number of fused-ring (bicyclic) bond motifs is 1. The third-order valence-electron chi connectivity index (χ3n) is 3.38. The Hall–Kier alpha value is -2.32. The van der Waals surface area contributed by atoms with Crippen molar-refractivity contribution in [3.63, 3.8) is 0 Å². The molecule has 9 heteroatoms. The first kappa shape index (κ1) is 14.3.